The lowest BCUT2D eigenvalue weighted by atomic mass is 10.0. The summed E-state index contributed by atoms with van der Waals surface area (Å²) in [7, 11) is 2.16. The van der Waals surface area contributed by atoms with E-state index >= 15 is 0 Å². The summed E-state index contributed by atoms with van der Waals surface area (Å²) >= 11 is 0. The zero-order valence-corrected chi connectivity index (χ0v) is 10.3. The van der Waals surface area contributed by atoms with Crippen molar-refractivity contribution in [3.8, 4) is 0 Å². The minimum absolute atomic E-state index is 0.994. The molecule has 1 aliphatic rings. The fraction of sp³-hybridized carbons (Fsp3) is 0.357. The van der Waals surface area contributed by atoms with Crippen LogP contribution in [0, 0.1) is 6.92 Å². The van der Waals surface area contributed by atoms with Crippen molar-refractivity contribution in [2.45, 2.75) is 13.3 Å². The zero-order chi connectivity index (χ0) is 11.8. The first-order valence-corrected chi connectivity index (χ1v) is 6.07. The molecular weight excluding hydrogens is 210 g/mol. The van der Waals surface area contributed by atoms with Gasteiger partial charge >= 0.3 is 0 Å². The van der Waals surface area contributed by atoms with E-state index in [-0.39, 0.29) is 0 Å². The maximum atomic E-state index is 4.49. The molecule has 0 saturated carbocycles. The van der Waals surface area contributed by atoms with Crippen molar-refractivity contribution in [3.63, 3.8) is 0 Å². The van der Waals surface area contributed by atoms with Crippen LogP contribution in [-0.2, 0) is 0 Å². The van der Waals surface area contributed by atoms with Gasteiger partial charge in [-0.2, -0.15) is 5.10 Å². The van der Waals surface area contributed by atoms with Gasteiger partial charge in [-0.3, -0.25) is 5.10 Å². The number of aromatic amines is 1. The van der Waals surface area contributed by atoms with Gasteiger partial charge in [0.15, 0.2) is 0 Å². The minimum atomic E-state index is 0.994. The number of para-hydroxylation sites is 1. The lowest BCUT2D eigenvalue weighted by Gasteiger charge is -2.21. The maximum Gasteiger partial charge on any atom is 0.0969 e. The third-order valence-electron chi connectivity index (χ3n) is 3.45. The Bertz CT molecular complexity index is 580. The molecule has 17 heavy (non-hydrogen) atoms. The van der Waals surface area contributed by atoms with Crippen LogP contribution in [0.1, 0.15) is 17.7 Å². The number of fused-ring (bicyclic) bond motifs is 1. The summed E-state index contributed by atoms with van der Waals surface area (Å²) in [5, 5.41) is 8.90. The fourth-order valence-electron chi connectivity index (χ4n) is 2.50. The fourth-order valence-corrected chi connectivity index (χ4v) is 2.50. The summed E-state index contributed by atoms with van der Waals surface area (Å²) in [6.07, 6.45) is 3.43. The number of benzene rings is 1. The molecule has 88 valence electrons. The molecule has 1 aromatic carbocycles. The number of hydrogen-bond donors (Lipinski definition) is 1. The summed E-state index contributed by atoms with van der Waals surface area (Å²) in [4.78, 5) is 2.34. The Hall–Kier alpha value is -1.61. The number of nitrogens with one attached hydrogen (secondary N) is 1. The van der Waals surface area contributed by atoms with E-state index in [1.807, 2.05) is 0 Å². The summed E-state index contributed by atoms with van der Waals surface area (Å²) in [6, 6.07) is 6.37. The van der Waals surface area contributed by atoms with Gasteiger partial charge in [0.2, 0.25) is 0 Å². The number of rotatable bonds is 1. The van der Waals surface area contributed by atoms with Gasteiger partial charge in [0.25, 0.3) is 0 Å². The average molecular weight is 227 g/mol. The van der Waals surface area contributed by atoms with Crippen LogP contribution in [0.5, 0.6) is 0 Å². The summed E-state index contributed by atoms with van der Waals surface area (Å²) < 4.78 is 0. The highest BCUT2D eigenvalue weighted by Crippen LogP contribution is 2.26. The number of likely N-dealkylation sites (N-methyl/N-ethyl adjacent to an activating group) is 1. The van der Waals surface area contributed by atoms with Gasteiger partial charge in [-0.25, -0.2) is 0 Å². The van der Waals surface area contributed by atoms with Gasteiger partial charge in [-0.05, 0) is 31.5 Å². The van der Waals surface area contributed by atoms with Crippen molar-refractivity contribution in [1.29, 1.82) is 0 Å². The van der Waals surface area contributed by atoms with E-state index in [4.69, 9.17) is 0 Å². The third-order valence-corrected chi connectivity index (χ3v) is 3.45. The molecule has 0 amide bonds. The smallest absolute Gasteiger partial charge is 0.0969 e. The molecule has 2 aromatic rings. The summed E-state index contributed by atoms with van der Waals surface area (Å²) in [5.41, 5.74) is 4.88. The van der Waals surface area contributed by atoms with Crippen molar-refractivity contribution in [2.75, 3.05) is 20.1 Å². The molecule has 1 N–H and O–H groups in total. The summed E-state index contributed by atoms with van der Waals surface area (Å²) in [6.45, 7) is 4.25. The minimum Gasteiger partial charge on any atom is -0.302 e. The van der Waals surface area contributed by atoms with Gasteiger partial charge in [0, 0.05) is 18.5 Å². The van der Waals surface area contributed by atoms with Crippen molar-refractivity contribution < 1.29 is 0 Å². The van der Waals surface area contributed by atoms with E-state index in [9.17, 15) is 0 Å². The Morgan fingerprint density at radius 3 is 3.06 bits per heavy atom. The predicted octanol–water partition coefficient (Wildman–Crippen LogP) is 2.59. The number of aromatic nitrogens is 2. The third kappa shape index (κ3) is 1.76. The Labute approximate surface area is 101 Å². The van der Waals surface area contributed by atoms with Gasteiger partial charge in [0.1, 0.15) is 0 Å². The van der Waals surface area contributed by atoms with Crippen molar-refractivity contribution in [1.82, 2.24) is 15.1 Å². The number of H-pyrrole nitrogens is 1. The molecule has 0 radical (unpaired) electrons. The van der Waals surface area contributed by atoms with Gasteiger partial charge in [-0.15, -0.1) is 0 Å². The van der Waals surface area contributed by atoms with Crippen molar-refractivity contribution in [2.24, 2.45) is 0 Å². The molecule has 0 saturated heterocycles. The molecule has 1 aliphatic heterocycles. The van der Waals surface area contributed by atoms with Crippen LogP contribution in [0.4, 0.5) is 0 Å². The molecule has 3 nitrogen and oxygen atoms in total. The van der Waals surface area contributed by atoms with E-state index in [1.54, 1.807) is 0 Å². The standard InChI is InChI=1S/C14H17N3/c1-10-5-3-7-12-13(10)15-16-14(12)11-6-4-8-17(2)9-11/h3,5-7H,4,8-9H2,1-2H3,(H,15,16). The number of aryl methyl sites for hydroxylation is 1. The molecule has 1 aromatic heterocycles. The SMILES string of the molecule is Cc1cccc2c(C3=CCCN(C)C3)n[nH]c12. The Morgan fingerprint density at radius 2 is 2.24 bits per heavy atom. The summed E-state index contributed by atoms with van der Waals surface area (Å²) in [5.74, 6) is 0. The second-order valence-corrected chi connectivity index (χ2v) is 4.83. The van der Waals surface area contributed by atoms with Crippen LogP contribution in [0.2, 0.25) is 0 Å². The van der Waals surface area contributed by atoms with E-state index in [1.165, 1.54) is 16.5 Å². The highest BCUT2D eigenvalue weighted by atomic mass is 15.1. The largest absolute Gasteiger partial charge is 0.302 e. The van der Waals surface area contributed by atoms with Gasteiger partial charge < -0.3 is 4.90 Å². The molecule has 3 rings (SSSR count). The Balaban J connectivity index is 2.12. The Morgan fingerprint density at radius 1 is 1.35 bits per heavy atom. The lowest BCUT2D eigenvalue weighted by Crippen LogP contribution is -2.25. The highest BCUT2D eigenvalue weighted by Gasteiger charge is 2.15. The molecular formula is C14H17N3. The topological polar surface area (TPSA) is 31.9 Å². The molecule has 0 aliphatic carbocycles. The first kappa shape index (κ1) is 10.5. The second kappa shape index (κ2) is 4.00. The molecule has 0 spiro atoms. The normalized spacial score (nSPS) is 17.4. The predicted molar refractivity (Wildman–Crippen MR) is 70.9 cm³/mol. The molecule has 3 heteroatoms. The zero-order valence-electron chi connectivity index (χ0n) is 10.3. The molecule has 2 heterocycles. The number of hydrogen-bond acceptors (Lipinski definition) is 2. The first-order valence-electron chi connectivity index (χ1n) is 6.07. The average Bonchev–Trinajstić information content (AvgIpc) is 2.74. The van der Waals surface area contributed by atoms with Crippen LogP contribution in [0.15, 0.2) is 24.3 Å². The molecule has 0 atom stereocenters. The quantitative estimate of drug-likeness (QED) is 0.812. The second-order valence-electron chi connectivity index (χ2n) is 4.83. The lowest BCUT2D eigenvalue weighted by molar-refractivity contribution is 0.372. The van der Waals surface area contributed by atoms with E-state index in [2.05, 4.69) is 53.3 Å². The van der Waals surface area contributed by atoms with E-state index in [0.29, 0.717) is 0 Å². The van der Waals surface area contributed by atoms with Crippen LogP contribution < -0.4 is 0 Å². The van der Waals surface area contributed by atoms with Crippen LogP contribution >= 0.6 is 0 Å². The van der Waals surface area contributed by atoms with Gasteiger partial charge in [-0.1, -0.05) is 24.3 Å². The first-order chi connectivity index (χ1) is 8.25. The Kier molecular flexibility index (Phi) is 2.48. The maximum absolute atomic E-state index is 4.49. The molecule has 0 fully saturated rings. The van der Waals surface area contributed by atoms with E-state index < -0.39 is 0 Å². The monoisotopic (exact) mass is 227 g/mol. The van der Waals surface area contributed by atoms with Crippen LogP contribution in [0.3, 0.4) is 0 Å². The van der Waals surface area contributed by atoms with Gasteiger partial charge in [0.05, 0.1) is 11.2 Å². The van der Waals surface area contributed by atoms with Crippen molar-refractivity contribution in [3.05, 3.63) is 35.5 Å². The van der Waals surface area contributed by atoms with Crippen molar-refractivity contribution >= 4 is 16.5 Å². The molecule has 0 unspecified atom stereocenters. The van der Waals surface area contributed by atoms with E-state index in [0.717, 1.165) is 30.7 Å². The number of nitrogens with zero attached hydrogens (tertiary/aromatic N) is 2. The van der Waals surface area contributed by atoms with Crippen LogP contribution in [0.25, 0.3) is 16.5 Å². The molecule has 0 bridgehead atoms. The highest BCUT2D eigenvalue weighted by molar-refractivity contribution is 5.92. The van der Waals surface area contributed by atoms with Crippen LogP contribution in [-0.4, -0.2) is 35.2 Å².